The summed E-state index contributed by atoms with van der Waals surface area (Å²) < 4.78 is 29.0. The molecule has 0 aromatic heterocycles. The molecule has 0 amide bonds. The van der Waals surface area contributed by atoms with Crippen LogP contribution in [0.4, 0.5) is 5.69 Å². The van der Waals surface area contributed by atoms with Crippen molar-refractivity contribution in [3.05, 3.63) is 23.8 Å². The number of benzene rings is 1. The van der Waals surface area contributed by atoms with Gasteiger partial charge in [0.2, 0.25) is 10.0 Å². The maximum absolute atomic E-state index is 13.1. The van der Waals surface area contributed by atoms with E-state index >= 15 is 0 Å². The van der Waals surface area contributed by atoms with E-state index in [4.69, 9.17) is 5.26 Å². The molecule has 0 bridgehead atoms. The second kappa shape index (κ2) is 10.3. The predicted octanol–water partition coefficient (Wildman–Crippen LogP) is 3.73. The SMILES string of the molecule is Cc1ccc(N(CCC(C)C)CCC(C)C)cc1S(=O)(=O)N[C@@H]1CCN(C#N)C1. The van der Waals surface area contributed by atoms with Gasteiger partial charge in [-0.3, -0.25) is 0 Å². The second-order valence-electron chi connectivity index (χ2n) is 8.95. The molecular formula is C22H36N4O2S. The summed E-state index contributed by atoms with van der Waals surface area (Å²) in [5.41, 5.74) is 1.70. The Morgan fingerprint density at radius 1 is 1.21 bits per heavy atom. The molecule has 162 valence electrons. The summed E-state index contributed by atoms with van der Waals surface area (Å²) in [6, 6.07) is 5.52. The smallest absolute Gasteiger partial charge is 0.241 e. The lowest BCUT2D eigenvalue weighted by atomic mass is 10.1. The zero-order valence-electron chi connectivity index (χ0n) is 18.5. The highest BCUT2D eigenvalue weighted by molar-refractivity contribution is 7.89. The standard InChI is InChI=1S/C22H36N4O2S/c1-17(2)8-12-26(13-9-18(3)4)21-7-6-19(5)22(14-21)29(27,28)24-20-10-11-25(15-20)16-23/h6-7,14,17-18,20,24H,8-13,15H2,1-5H3/t20-/m1/s1. The van der Waals surface area contributed by atoms with E-state index in [1.54, 1.807) is 4.90 Å². The second-order valence-corrected chi connectivity index (χ2v) is 10.6. The first-order valence-corrected chi connectivity index (χ1v) is 12.1. The maximum atomic E-state index is 13.1. The van der Waals surface area contributed by atoms with Crippen molar-refractivity contribution >= 4 is 15.7 Å². The highest BCUT2D eigenvalue weighted by Gasteiger charge is 2.28. The van der Waals surface area contributed by atoms with Gasteiger partial charge in [-0.25, -0.2) is 13.1 Å². The molecular weight excluding hydrogens is 384 g/mol. The molecule has 2 rings (SSSR count). The van der Waals surface area contributed by atoms with Gasteiger partial charge in [-0.15, -0.1) is 0 Å². The minimum atomic E-state index is -3.64. The van der Waals surface area contributed by atoms with Crippen molar-refractivity contribution in [3.8, 4) is 6.19 Å². The van der Waals surface area contributed by atoms with Crippen molar-refractivity contribution in [2.24, 2.45) is 11.8 Å². The van der Waals surface area contributed by atoms with Gasteiger partial charge in [0.1, 0.15) is 0 Å². The van der Waals surface area contributed by atoms with E-state index in [-0.39, 0.29) is 6.04 Å². The largest absolute Gasteiger partial charge is 0.371 e. The molecule has 0 radical (unpaired) electrons. The molecule has 1 heterocycles. The number of anilines is 1. The van der Waals surface area contributed by atoms with E-state index in [0.29, 0.717) is 36.2 Å². The first-order valence-electron chi connectivity index (χ1n) is 10.6. The molecule has 29 heavy (non-hydrogen) atoms. The van der Waals surface area contributed by atoms with Crippen LogP contribution in [-0.2, 0) is 10.0 Å². The van der Waals surface area contributed by atoms with Gasteiger partial charge >= 0.3 is 0 Å². The number of rotatable bonds is 10. The van der Waals surface area contributed by atoms with Crippen molar-refractivity contribution in [1.29, 1.82) is 5.26 Å². The predicted molar refractivity (Wildman–Crippen MR) is 118 cm³/mol. The van der Waals surface area contributed by atoms with Gasteiger partial charge < -0.3 is 9.80 Å². The normalized spacial score (nSPS) is 17.2. The van der Waals surface area contributed by atoms with Crippen LogP contribution in [0.15, 0.2) is 23.1 Å². The summed E-state index contributed by atoms with van der Waals surface area (Å²) in [5, 5.41) is 9.01. The Bertz CT molecular complexity index is 803. The van der Waals surface area contributed by atoms with Gasteiger partial charge in [0, 0.05) is 37.9 Å². The Hall–Kier alpha value is -1.78. The van der Waals surface area contributed by atoms with Crippen LogP contribution < -0.4 is 9.62 Å². The number of nitriles is 1. The third-order valence-corrected chi connectivity index (χ3v) is 7.09. The van der Waals surface area contributed by atoms with E-state index in [9.17, 15) is 8.42 Å². The number of nitrogens with one attached hydrogen (secondary N) is 1. The summed E-state index contributed by atoms with van der Waals surface area (Å²) in [4.78, 5) is 4.24. The molecule has 0 unspecified atom stereocenters. The Labute approximate surface area is 176 Å². The minimum Gasteiger partial charge on any atom is -0.371 e. The maximum Gasteiger partial charge on any atom is 0.241 e. The fourth-order valence-corrected chi connectivity index (χ4v) is 5.03. The Morgan fingerprint density at radius 3 is 2.34 bits per heavy atom. The van der Waals surface area contributed by atoms with Gasteiger partial charge in [0.25, 0.3) is 0 Å². The average molecular weight is 421 g/mol. The van der Waals surface area contributed by atoms with Crippen molar-refractivity contribution in [2.45, 2.75) is 64.8 Å². The highest BCUT2D eigenvalue weighted by Crippen LogP contribution is 2.25. The van der Waals surface area contributed by atoms with Crippen LogP contribution in [0.1, 0.15) is 52.5 Å². The molecule has 1 fully saturated rings. The van der Waals surface area contributed by atoms with Gasteiger partial charge in [0.15, 0.2) is 6.19 Å². The third-order valence-electron chi connectivity index (χ3n) is 5.43. The molecule has 1 atom stereocenters. The lowest BCUT2D eigenvalue weighted by molar-refractivity contribution is 0.470. The van der Waals surface area contributed by atoms with Crippen LogP contribution in [0.3, 0.4) is 0 Å². The number of sulfonamides is 1. The molecule has 1 aliphatic rings. The van der Waals surface area contributed by atoms with E-state index in [1.165, 1.54) is 0 Å². The van der Waals surface area contributed by atoms with Crippen LogP contribution in [0.5, 0.6) is 0 Å². The molecule has 0 spiro atoms. The van der Waals surface area contributed by atoms with E-state index in [2.05, 4.69) is 43.5 Å². The van der Waals surface area contributed by atoms with Crippen molar-refractivity contribution < 1.29 is 8.42 Å². The van der Waals surface area contributed by atoms with Gasteiger partial charge in [-0.05, 0) is 55.7 Å². The number of aryl methyl sites for hydroxylation is 1. The minimum absolute atomic E-state index is 0.222. The van der Waals surface area contributed by atoms with Gasteiger partial charge in [0.05, 0.1) is 4.90 Å². The summed E-state index contributed by atoms with van der Waals surface area (Å²) in [6.07, 6.45) is 4.88. The number of nitrogens with zero attached hydrogens (tertiary/aromatic N) is 3. The van der Waals surface area contributed by atoms with Gasteiger partial charge in [-0.2, -0.15) is 5.26 Å². The summed E-state index contributed by atoms with van der Waals surface area (Å²) >= 11 is 0. The van der Waals surface area contributed by atoms with E-state index in [1.807, 2.05) is 25.1 Å². The quantitative estimate of drug-likeness (QED) is 0.584. The van der Waals surface area contributed by atoms with Crippen LogP contribution in [0.25, 0.3) is 0 Å². The number of likely N-dealkylation sites (tertiary alicyclic amines) is 1. The molecule has 6 nitrogen and oxygen atoms in total. The monoisotopic (exact) mass is 420 g/mol. The summed E-state index contributed by atoms with van der Waals surface area (Å²) in [6.45, 7) is 13.5. The molecule has 1 N–H and O–H groups in total. The van der Waals surface area contributed by atoms with E-state index in [0.717, 1.165) is 37.2 Å². The zero-order valence-corrected chi connectivity index (χ0v) is 19.3. The van der Waals surface area contributed by atoms with Crippen LogP contribution in [0, 0.1) is 30.2 Å². The van der Waals surface area contributed by atoms with Crippen LogP contribution >= 0.6 is 0 Å². The lowest BCUT2D eigenvalue weighted by Gasteiger charge is -2.27. The first-order chi connectivity index (χ1) is 13.6. The molecule has 1 aliphatic heterocycles. The molecule has 0 saturated carbocycles. The summed E-state index contributed by atoms with van der Waals surface area (Å²) in [5.74, 6) is 1.19. The Kier molecular flexibility index (Phi) is 8.35. The van der Waals surface area contributed by atoms with Crippen LogP contribution in [0.2, 0.25) is 0 Å². The summed E-state index contributed by atoms with van der Waals surface area (Å²) in [7, 11) is -3.64. The zero-order chi connectivity index (χ0) is 21.6. The molecule has 1 aromatic carbocycles. The number of hydrogen-bond donors (Lipinski definition) is 1. The van der Waals surface area contributed by atoms with Crippen LogP contribution in [-0.4, -0.2) is 45.5 Å². The van der Waals surface area contributed by atoms with Crippen molar-refractivity contribution in [1.82, 2.24) is 9.62 Å². The number of hydrogen-bond acceptors (Lipinski definition) is 5. The fourth-order valence-electron chi connectivity index (χ4n) is 3.50. The third kappa shape index (κ3) is 6.90. The topological polar surface area (TPSA) is 76.4 Å². The van der Waals surface area contributed by atoms with Crippen molar-refractivity contribution in [3.63, 3.8) is 0 Å². The van der Waals surface area contributed by atoms with Crippen molar-refractivity contribution in [2.75, 3.05) is 31.1 Å². The Morgan fingerprint density at radius 2 is 1.83 bits per heavy atom. The molecule has 7 heteroatoms. The molecule has 1 saturated heterocycles. The first kappa shape index (κ1) is 23.5. The lowest BCUT2D eigenvalue weighted by Crippen LogP contribution is -2.37. The molecule has 1 aromatic rings. The van der Waals surface area contributed by atoms with E-state index < -0.39 is 10.0 Å². The fraction of sp³-hybridized carbons (Fsp3) is 0.682. The average Bonchev–Trinajstić information content (AvgIpc) is 3.08. The highest BCUT2D eigenvalue weighted by atomic mass is 32.2. The Balaban J connectivity index is 2.24. The molecule has 0 aliphatic carbocycles. The van der Waals surface area contributed by atoms with Gasteiger partial charge in [-0.1, -0.05) is 33.8 Å².